The maximum atomic E-state index is 12.6. The van der Waals surface area contributed by atoms with E-state index in [4.69, 9.17) is 5.73 Å². The zero-order chi connectivity index (χ0) is 14.1. The van der Waals surface area contributed by atoms with E-state index in [-0.39, 0.29) is 29.3 Å². The van der Waals surface area contributed by atoms with Gasteiger partial charge >= 0.3 is 0 Å². The molecule has 0 bridgehead atoms. The summed E-state index contributed by atoms with van der Waals surface area (Å²) in [7, 11) is 1.94. The van der Waals surface area contributed by atoms with Crippen LogP contribution in [0.3, 0.4) is 0 Å². The molecule has 0 radical (unpaired) electrons. The first-order chi connectivity index (χ1) is 8.16. The van der Waals surface area contributed by atoms with E-state index >= 15 is 0 Å². The van der Waals surface area contributed by atoms with Crippen LogP contribution in [0.4, 0.5) is 0 Å². The standard InChI is InChI=1S/C15H30N2O/c1-10-12(8-7-9-13(10)16)14(18)17(6)11(2)15(3,4)5/h10-13H,7-9,16H2,1-6H3. The van der Waals surface area contributed by atoms with E-state index in [1.165, 1.54) is 0 Å². The van der Waals surface area contributed by atoms with Gasteiger partial charge in [-0.3, -0.25) is 4.79 Å². The lowest BCUT2D eigenvalue weighted by Crippen LogP contribution is -2.49. The molecule has 0 aliphatic heterocycles. The van der Waals surface area contributed by atoms with Gasteiger partial charge in [0.05, 0.1) is 0 Å². The van der Waals surface area contributed by atoms with Gasteiger partial charge in [0, 0.05) is 25.0 Å². The topological polar surface area (TPSA) is 46.3 Å². The summed E-state index contributed by atoms with van der Waals surface area (Å²) in [5.74, 6) is 0.699. The maximum absolute atomic E-state index is 12.6. The van der Waals surface area contributed by atoms with Gasteiger partial charge in [0.1, 0.15) is 0 Å². The molecule has 2 N–H and O–H groups in total. The van der Waals surface area contributed by atoms with Crippen molar-refractivity contribution in [2.75, 3.05) is 7.05 Å². The molecule has 1 fully saturated rings. The summed E-state index contributed by atoms with van der Waals surface area (Å²) >= 11 is 0. The Bertz CT molecular complexity index is 295. The Morgan fingerprint density at radius 2 is 1.89 bits per heavy atom. The summed E-state index contributed by atoms with van der Waals surface area (Å²) in [6, 6.07) is 0.432. The second-order valence-electron chi connectivity index (χ2n) is 7.05. The number of hydrogen-bond acceptors (Lipinski definition) is 2. The SMILES string of the molecule is CC1C(N)CCCC1C(=O)N(C)C(C)C(C)(C)C. The summed E-state index contributed by atoms with van der Waals surface area (Å²) in [5, 5.41) is 0. The minimum atomic E-state index is 0.114. The normalized spacial score (nSPS) is 30.9. The molecule has 3 heteroatoms. The quantitative estimate of drug-likeness (QED) is 0.823. The highest BCUT2D eigenvalue weighted by atomic mass is 16.2. The molecule has 1 rings (SSSR count). The second-order valence-corrected chi connectivity index (χ2v) is 7.05. The van der Waals surface area contributed by atoms with E-state index in [0.717, 1.165) is 19.3 Å². The van der Waals surface area contributed by atoms with Crippen molar-refractivity contribution in [2.24, 2.45) is 23.0 Å². The summed E-state index contributed by atoms with van der Waals surface area (Å²) < 4.78 is 0. The van der Waals surface area contributed by atoms with Gasteiger partial charge in [-0.2, -0.15) is 0 Å². The molecule has 3 nitrogen and oxygen atoms in total. The number of amides is 1. The molecule has 1 amide bonds. The molecule has 1 aliphatic carbocycles. The molecule has 0 spiro atoms. The van der Waals surface area contributed by atoms with Gasteiger partial charge in [-0.05, 0) is 31.1 Å². The van der Waals surface area contributed by atoms with Crippen molar-refractivity contribution in [2.45, 2.75) is 66.0 Å². The molecular formula is C15H30N2O. The third-order valence-corrected chi connectivity index (χ3v) is 4.86. The molecule has 1 aliphatic rings. The Morgan fingerprint density at radius 1 is 1.33 bits per heavy atom. The first kappa shape index (κ1) is 15.5. The van der Waals surface area contributed by atoms with Crippen LogP contribution in [0.25, 0.3) is 0 Å². The fourth-order valence-corrected chi connectivity index (χ4v) is 2.78. The summed E-state index contributed by atoms with van der Waals surface area (Å²) in [6.45, 7) is 10.8. The zero-order valence-corrected chi connectivity index (χ0v) is 12.9. The highest BCUT2D eigenvalue weighted by molar-refractivity contribution is 5.79. The van der Waals surface area contributed by atoms with Gasteiger partial charge in [0.15, 0.2) is 0 Å². The largest absolute Gasteiger partial charge is 0.342 e. The number of rotatable bonds is 2. The minimum Gasteiger partial charge on any atom is -0.342 e. The number of nitrogens with zero attached hydrogens (tertiary/aromatic N) is 1. The molecule has 106 valence electrons. The first-order valence-electron chi connectivity index (χ1n) is 7.18. The van der Waals surface area contributed by atoms with Gasteiger partial charge < -0.3 is 10.6 Å². The van der Waals surface area contributed by atoms with Crippen LogP contribution in [0.15, 0.2) is 0 Å². The van der Waals surface area contributed by atoms with Crippen molar-refractivity contribution in [3.05, 3.63) is 0 Å². The van der Waals surface area contributed by atoms with Crippen molar-refractivity contribution in [1.29, 1.82) is 0 Å². The average molecular weight is 254 g/mol. The van der Waals surface area contributed by atoms with Gasteiger partial charge in [0.2, 0.25) is 5.91 Å². The first-order valence-corrected chi connectivity index (χ1v) is 7.18. The van der Waals surface area contributed by atoms with Crippen molar-refractivity contribution in [1.82, 2.24) is 4.90 Å². The van der Waals surface area contributed by atoms with Gasteiger partial charge in [-0.25, -0.2) is 0 Å². The van der Waals surface area contributed by atoms with Crippen molar-refractivity contribution < 1.29 is 4.79 Å². The third-order valence-electron chi connectivity index (χ3n) is 4.86. The molecule has 18 heavy (non-hydrogen) atoms. The summed E-state index contributed by atoms with van der Waals surface area (Å²) in [4.78, 5) is 14.5. The zero-order valence-electron chi connectivity index (χ0n) is 12.9. The molecule has 4 unspecified atom stereocenters. The van der Waals surface area contributed by atoms with Crippen LogP contribution in [-0.2, 0) is 4.79 Å². The van der Waals surface area contributed by atoms with Crippen LogP contribution in [-0.4, -0.2) is 29.9 Å². The van der Waals surface area contributed by atoms with E-state index in [0.29, 0.717) is 5.92 Å². The summed E-state index contributed by atoms with van der Waals surface area (Å²) in [5.41, 5.74) is 6.21. The van der Waals surface area contributed by atoms with Crippen LogP contribution in [0.1, 0.15) is 53.9 Å². The van der Waals surface area contributed by atoms with Crippen LogP contribution in [0.5, 0.6) is 0 Å². The predicted octanol–water partition coefficient (Wildman–Crippen LogP) is 2.64. The predicted molar refractivity (Wildman–Crippen MR) is 76.2 cm³/mol. The minimum absolute atomic E-state index is 0.114. The Morgan fingerprint density at radius 3 is 2.39 bits per heavy atom. The Labute approximate surface area is 112 Å². The van der Waals surface area contributed by atoms with Crippen molar-refractivity contribution in [3.63, 3.8) is 0 Å². The molecule has 1 saturated carbocycles. The number of carbonyl (C=O) groups is 1. The molecule has 0 aromatic heterocycles. The molecule has 4 atom stereocenters. The third kappa shape index (κ3) is 3.25. The highest BCUT2D eigenvalue weighted by Crippen LogP contribution is 2.32. The average Bonchev–Trinajstić information content (AvgIpc) is 2.28. The van der Waals surface area contributed by atoms with E-state index in [9.17, 15) is 4.79 Å². The fraction of sp³-hybridized carbons (Fsp3) is 0.933. The number of hydrogen-bond donors (Lipinski definition) is 1. The van der Waals surface area contributed by atoms with Gasteiger partial charge in [0.25, 0.3) is 0 Å². The Hall–Kier alpha value is -0.570. The van der Waals surface area contributed by atoms with Crippen LogP contribution in [0, 0.1) is 17.3 Å². The molecule has 0 heterocycles. The lowest BCUT2D eigenvalue weighted by Gasteiger charge is -2.40. The van der Waals surface area contributed by atoms with Crippen LogP contribution >= 0.6 is 0 Å². The lowest BCUT2D eigenvalue weighted by molar-refractivity contribution is -0.141. The van der Waals surface area contributed by atoms with E-state index < -0.39 is 0 Å². The summed E-state index contributed by atoms with van der Waals surface area (Å²) in [6.07, 6.45) is 3.14. The molecule has 0 saturated heterocycles. The van der Waals surface area contributed by atoms with Crippen LogP contribution in [0.2, 0.25) is 0 Å². The van der Waals surface area contributed by atoms with E-state index in [1.807, 2.05) is 11.9 Å². The van der Waals surface area contributed by atoms with E-state index in [1.54, 1.807) is 0 Å². The molecular weight excluding hydrogens is 224 g/mol. The molecule has 0 aromatic rings. The Kier molecular flexibility index (Phi) is 4.82. The highest BCUT2D eigenvalue weighted by Gasteiger charge is 2.37. The maximum Gasteiger partial charge on any atom is 0.226 e. The van der Waals surface area contributed by atoms with Crippen molar-refractivity contribution >= 4 is 5.91 Å². The van der Waals surface area contributed by atoms with Gasteiger partial charge in [-0.15, -0.1) is 0 Å². The second kappa shape index (κ2) is 5.60. The lowest BCUT2D eigenvalue weighted by atomic mass is 9.76. The monoisotopic (exact) mass is 254 g/mol. The smallest absolute Gasteiger partial charge is 0.226 e. The van der Waals surface area contributed by atoms with Crippen LogP contribution < -0.4 is 5.73 Å². The van der Waals surface area contributed by atoms with E-state index in [2.05, 4.69) is 34.6 Å². The van der Waals surface area contributed by atoms with Gasteiger partial charge in [-0.1, -0.05) is 34.1 Å². The molecule has 0 aromatic carbocycles. The number of nitrogens with two attached hydrogens (primary N) is 1. The fourth-order valence-electron chi connectivity index (χ4n) is 2.78. The Balaban J connectivity index is 2.74. The number of carbonyl (C=O) groups excluding carboxylic acids is 1. The van der Waals surface area contributed by atoms with Crippen molar-refractivity contribution in [3.8, 4) is 0 Å².